The SMILES string of the molecule is CCCCC(CC)[CH2][Mo+4][CH2]C(CC)CCCC.NC(=S)[S-].NC(=S)[S-].NC(=S)[S-].NC(=S)[S-]. The van der Waals surface area contributed by atoms with Gasteiger partial charge in [0.25, 0.3) is 0 Å². The number of thiocarbonyl (C=S) groups is 4. The maximum Gasteiger partial charge on any atom is -0.0708 e. The fourth-order valence-electron chi connectivity index (χ4n) is 2.20. The molecule has 8 N–H and O–H groups in total. The Morgan fingerprint density at radius 1 is 0.606 bits per heavy atom. The molecule has 0 aromatic heterocycles. The minimum atomic E-state index is 0.0833. The van der Waals surface area contributed by atoms with Gasteiger partial charge in [-0.15, -0.1) is 0 Å². The van der Waals surface area contributed by atoms with Crippen LogP contribution < -0.4 is 22.9 Å². The summed E-state index contributed by atoms with van der Waals surface area (Å²) in [5, 5.41) is 0. The van der Waals surface area contributed by atoms with Crippen LogP contribution in [0.5, 0.6) is 0 Å². The zero-order valence-electron chi connectivity index (χ0n) is 20.2. The molecule has 4 nitrogen and oxygen atoms in total. The summed E-state index contributed by atoms with van der Waals surface area (Å²) in [6, 6.07) is 0. The van der Waals surface area contributed by atoms with Crippen molar-refractivity contribution in [3.63, 3.8) is 0 Å². The summed E-state index contributed by atoms with van der Waals surface area (Å²) in [6.45, 7) is 9.42. The van der Waals surface area contributed by atoms with Gasteiger partial charge in [0.2, 0.25) is 0 Å². The van der Waals surface area contributed by atoms with E-state index in [-0.39, 0.29) is 17.3 Å². The fraction of sp³-hybridized carbons (Fsp3) is 0.800. The molecule has 0 rings (SSSR count). The van der Waals surface area contributed by atoms with E-state index in [9.17, 15) is 0 Å². The molecule has 0 amide bonds. The maximum atomic E-state index is 4.66. The Morgan fingerprint density at radius 2 is 0.818 bits per heavy atom. The zero-order chi connectivity index (χ0) is 27.2. The third-order valence-electron chi connectivity index (χ3n) is 3.79. The van der Waals surface area contributed by atoms with Crippen molar-refractivity contribution in [3.05, 3.63) is 0 Å². The van der Waals surface area contributed by atoms with E-state index in [0.717, 1.165) is 11.8 Å². The van der Waals surface area contributed by atoms with Gasteiger partial charge in [0, 0.05) is 0 Å². The van der Waals surface area contributed by atoms with Gasteiger partial charge in [-0.1, -0.05) is 17.3 Å². The van der Waals surface area contributed by atoms with Crippen LogP contribution in [0.1, 0.15) is 79.1 Å². The van der Waals surface area contributed by atoms with Crippen molar-refractivity contribution in [2.45, 2.75) is 88.7 Å². The van der Waals surface area contributed by atoms with E-state index in [2.05, 4.69) is 150 Å². The molecule has 33 heavy (non-hydrogen) atoms. The molecule has 0 heterocycles. The van der Waals surface area contributed by atoms with Crippen LogP contribution in [0.2, 0.25) is 9.62 Å². The maximum absolute atomic E-state index is 4.66. The summed E-state index contributed by atoms with van der Waals surface area (Å²) >= 11 is 33.4. The van der Waals surface area contributed by atoms with Crippen LogP contribution in [0, 0.1) is 11.8 Å². The first kappa shape index (κ1) is 44.1. The molecular formula is C20H42MoN4S8. The summed E-state index contributed by atoms with van der Waals surface area (Å²) in [5.74, 6) is 2.14. The smallest absolute Gasteiger partial charge is 0.0708 e. The molecule has 2 unspecified atom stereocenters. The molecule has 0 radical (unpaired) electrons. The van der Waals surface area contributed by atoms with Gasteiger partial charge in [0.05, 0.1) is 0 Å². The van der Waals surface area contributed by atoms with Gasteiger partial charge < -0.3 is 122 Å². The second-order valence-corrected chi connectivity index (χ2v) is 13.8. The average Bonchev–Trinajstić information content (AvgIpc) is 2.65. The van der Waals surface area contributed by atoms with E-state index in [1.807, 2.05) is 0 Å². The van der Waals surface area contributed by atoms with Crippen molar-refractivity contribution in [1.29, 1.82) is 0 Å². The summed E-state index contributed by atoms with van der Waals surface area (Å²) in [4.78, 5) is 3.23. The Morgan fingerprint density at radius 3 is 0.970 bits per heavy atom. The minimum Gasteiger partial charge on any atom is -0.415 e. The van der Waals surface area contributed by atoms with E-state index >= 15 is 0 Å². The van der Waals surface area contributed by atoms with Gasteiger partial charge in [-0.2, -0.15) is 0 Å². The summed E-state index contributed by atoms with van der Waals surface area (Å²) in [5.41, 5.74) is 18.6. The van der Waals surface area contributed by atoms with Crippen LogP contribution in [0.3, 0.4) is 0 Å². The first-order chi connectivity index (χ1) is 15.2. The summed E-state index contributed by atoms with van der Waals surface area (Å²) in [7, 11) is 0. The van der Waals surface area contributed by atoms with Crippen LogP contribution in [0.4, 0.5) is 0 Å². The molecule has 2 atom stereocenters. The molecule has 13 heteroatoms. The zero-order valence-corrected chi connectivity index (χ0v) is 28.7. The molecule has 0 aromatic rings. The van der Waals surface area contributed by atoms with E-state index < -0.39 is 0 Å². The van der Waals surface area contributed by atoms with Crippen molar-refractivity contribution in [1.82, 2.24) is 0 Å². The Balaban J connectivity index is -0.000000132. The molecule has 0 aromatic carbocycles. The van der Waals surface area contributed by atoms with E-state index in [4.69, 9.17) is 0 Å². The molecule has 0 spiro atoms. The average molecular weight is 691 g/mol. The summed E-state index contributed by atoms with van der Waals surface area (Å²) < 4.78 is 0.333. The van der Waals surface area contributed by atoms with E-state index in [0.29, 0.717) is 18.6 Å². The van der Waals surface area contributed by atoms with Crippen molar-refractivity contribution in [2.24, 2.45) is 34.8 Å². The third-order valence-corrected chi connectivity index (χ3v) is 7.27. The van der Waals surface area contributed by atoms with Crippen molar-refractivity contribution < 1.29 is 18.6 Å². The van der Waals surface area contributed by atoms with Crippen molar-refractivity contribution in [3.8, 4) is 0 Å². The molecule has 196 valence electrons. The van der Waals surface area contributed by atoms with Crippen molar-refractivity contribution in [2.75, 3.05) is 0 Å². The summed E-state index contributed by atoms with van der Waals surface area (Å²) in [6.07, 6.45) is 11.5. The fourth-order valence-corrected chi connectivity index (χ4v) is 6.15. The second-order valence-electron chi connectivity index (χ2n) is 6.65. The predicted octanol–water partition coefficient (Wildman–Crippen LogP) is 5.45. The molecule has 0 bridgehead atoms. The number of hydrogen-bond donors (Lipinski definition) is 4. The van der Waals surface area contributed by atoms with Gasteiger partial charge in [-0.05, 0) is 0 Å². The Hall–Kier alpha value is 1.13. The van der Waals surface area contributed by atoms with Crippen LogP contribution in [-0.2, 0) is 69.1 Å². The van der Waals surface area contributed by atoms with Gasteiger partial charge in [-0.3, -0.25) is 0 Å². The molecule has 0 saturated heterocycles. The Bertz CT molecular complexity index is 391. The quantitative estimate of drug-likeness (QED) is 0.119. The molecule has 0 fully saturated rings. The predicted molar refractivity (Wildman–Crippen MR) is 173 cm³/mol. The van der Waals surface area contributed by atoms with Crippen LogP contribution in [0.15, 0.2) is 0 Å². The van der Waals surface area contributed by atoms with E-state index in [1.54, 1.807) is 9.62 Å². The van der Waals surface area contributed by atoms with Crippen LogP contribution in [-0.4, -0.2) is 17.3 Å². The molecule has 0 aliphatic rings. The second kappa shape index (κ2) is 37.7. The Kier molecular flexibility index (Phi) is 50.4. The standard InChI is InChI=1S/2C8H17.4CH3NS2.Mo/c2*1-4-6-7-8(3)5-2;4*2-1(3)4;/h2*8H,3-7H2,1-2H3;4*(H3,2,3,4);/q;;;;;;+4/p-4. The number of hydrogen-bond acceptors (Lipinski definition) is 8. The normalized spacial score (nSPS) is 10.3. The van der Waals surface area contributed by atoms with Gasteiger partial charge in [-0.25, -0.2) is 0 Å². The monoisotopic (exact) mass is 692 g/mol. The van der Waals surface area contributed by atoms with Crippen LogP contribution >= 0.6 is 48.9 Å². The first-order valence-electron chi connectivity index (χ1n) is 10.6. The van der Waals surface area contributed by atoms with Crippen molar-refractivity contribution >= 4 is 117 Å². The van der Waals surface area contributed by atoms with Gasteiger partial charge in [0.1, 0.15) is 0 Å². The minimum absolute atomic E-state index is 0.0833. The number of unbranched alkanes of at least 4 members (excludes halogenated alkanes) is 2. The first-order valence-corrected chi connectivity index (χ1v) is 16.7. The van der Waals surface area contributed by atoms with Gasteiger partial charge in [0.15, 0.2) is 0 Å². The topological polar surface area (TPSA) is 104 Å². The van der Waals surface area contributed by atoms with E-state index in [1.165, 1.54) is 51.4 Å². The molecular weight excluding hydrogens is 649 g/mol. The molecule has 0 aliphatic carbocycles. The molecule has 0 aliphatic heterocycles. The number of nitrogens with two attached hydrogens (primary N) is 4. The molecule has 0 saturated carbocycles. The van der Waals surface area contributed by atoms with Crippen LogP contribution in [0.25, 0.3) is 0 Å². The Labute approximate surface area is 256 Å². The third kappa shape index (κ3) is 87.7. The largest absolute Gasteiger partial charge is 0.415 e. The van der Waals surface area contributed by atoms with Gasteiger partial charge >= 0.3 is 119 Å². The number of rotatable bonds is 12.